The largest absolute Gasteiger partial charge is 0.493 e. The van der Waals surface area contributed by atoms with Gasteiger partial charge in [0.25, 0.3) is 11.2 Å². The summed E-state index contributed by atoms with van der Waals surface area (Å²) < 4.78 is 24.0. The van der Waals surface area contributed by atoms with Gasteiger partial charge in [0.15, 0.2) is 16.3 Å². The highest BCUT2D eigenvalue weighted by Gasteiger charge is 2.34. The van der Waals surface area contributed by atoms with Crippen LogP contribution in [0.4, 0.5) is 5.69 Å². The molecular formula is C30H27N3O8S. The van der Waals surface area contributed by atoms with Crippen LogP contribution in [0.3, 0.4) is 0 Å². The molecule has 42 heavy (non-hydrogen) atoms. The van der Waals surface area contributed by atoms with Gasteiger partial charge in [-0.2, -0.15) is 0 Å². The number of furan rings is 1. The standard InChI is InChI=1S/C30H27N3O8S/c1-6-40-29(35)26-17(3)31-30-32(27(26)18-7-11-23(38-4)24(14-18)39-5)28(34)25(42-30)15-20-9-12-22(41-20)21-10-8-19(33(36)37)13-16(21)2/h7-15,27H,6H2,1-5H3/b25-15-/t27-/m1/s1. The molecule has 1 aliphatic rings. The lowest BCUT2D eigenvalue weighted by Gasteiger charge is -2.25. The number of carbonyl (C=O) groups excluding carboxylic acids is 1. The van der Waals surface area contributed by atoms with E-state index < -0.39 is 16.9 Å². The second kappa shape index (κ2) is 11.5. The Morgan fingerprint density at radius 3 is 2.55 bits per heavy atom. The fraction of sp³-hybridized carbons (Fsp3) is 0.233. The number of hydrogen-bond acceptors (Lipinski definition) is 10. The van der Waals surface area contributed by atoms with Crippen LogP contribution in [0.5, 0.6) is 11.5 Å². The number of aromatic nitrogens is 1. The third-order valence-corrected chi connectivity index (χ3v) is 7.81. The Morgan fingerprint density at radius 2 is 1.88 bits per heavy atom. The van der Waals surface area contributed by atoms with Crippen molar-refractivity contribution in [3.05, 3.63) is 106 Å². The molecule has 3 heterocycles. The van der Waals surface area contributed by atoms with E-state index in [1.54, 1.807) is 63.2 Å². The molecule has 2 aromatic carbocycles. The summed E-state index contributed by atoms with van der Waals surface area (Å²) >= 11 is 1.17. The maximum absolute atomic E-state index is 13.9. The Morgan fingerprint density at radius 1 is 1.12 bits per heavy atom. The van der Waals surface area contributed by atoms with Crippen LogP contribution in [0.15, 0.2) is 74.0 Å². The Balaban J connectivity index is 1.63. The zero-order chi connectivity index (χ0) is 30.1. The van der Waals surface area contributed by atoms with Crippen LogP contribution in [0, 0.1) is 17.0 Å². The van der Waals surface area contributed by atoms with E-state index in [1.165, 1.54) is 42.3 Å². The highest BCUT2D eigenvalue weighted by molar-refractivity contribution is 7.07. The molecule has 0 bridgehead atoms. The fourth-order valence-corrected chi connectivity index (χ4v) is 5.90. The first-order chi connectivity index (χ1) is 20.2. The van der Waals surface area contributed by atoms with Crippen LogP contribution in [-0.2, 0) is 9.53 Å². The molecule has 0 radical (unpaired) electrons. The smallest absolute Gasteiger partial charge is 0.338 e. The van der Waals surface area contributed by atoms with Crippen LogP contribution in [0.25, 0.3) is 17.4 Å². The molecule has 0 spiro atoms. The zero-order valence-electron chi connectivity index (χ0n) is 23.5. The average Bonchev–Trinajstić information content (AvgIpc) is 3.55. The summed E-state index contributed by atoms with van der Waals surface area (Å²) in [7, 11) is 3.04. The van der Waals surface area contributed by atoms with E-state index in [0.29, 0.717) is 54.7 Å². The van der Waals surface area contributed by atoms with Gasteiger partial charge in [0, 0.05) is 23.8 Å². The first kappa shape index (κ1) is 28.6. The monoisotopic (exact) mass is 589 g/mol. The molecule has 1 aliphatic heterocycles. The lowest BCUT2D eigenvalue weighted by Crippen LogP contribution is -2.39. The average molecular weight is 590 g/mol. The highest BCUT2D eigenvalue weighted by atomic mass is 32.1. The Bertz CT molecular complexity index is 1930. The van der Waals surface area contributed by atoms with Crippen molar-refractivity contribution in [3.63, 3.8) is 0 Å². The van der Waals surface area contributed by atoms with Crippen molar-refractivity contribution in [3.8, 4) is 22.8 Å². The van der Waals surface area contributed by atoms with Gasteiger partial charge >= 0.3 is 5.97 Å². The first-order valence-electron chi connectivity index (χ1n) is 12.9. The maximum atomic E-state index is 13.9. The number of non-ortho nitro benzene ring substituents is 1. The van der Waals surface area contributed by atoms with Crippen molar-refractivity contribution in [2.24, 2.45) is 4.99 Å². The van der Waals surface area contributed by atoms with E-state index >= 15 is 0 Å². The van der Waals surface area contributed by atoms with Gasteiger partial charge in [-0.1, -0.05) is 17.4 Å². The predicted molar refractivity (Wildman–Crippen MR) is 155 cm³/mol. The second-order valence-electron chi connectivity index (χ2n) is 9.38. The number of methoxy groups -OCH3 is 2. The number of aryl methyl sites for hydroxylation is 1. The lowest BCUT2D eigenvalue weighted by molar-refractivity contribution is -0.384. The number of carbonyl (C=O) groups is 1. The van der Waals surface area contributed by atoms with Gasteiger partial charge in [0.2, 0.25) is 0 Å². The lowest BCUT2D eigenvalue weighted by atomic mass is 9.95. The van der Waals surface area contributed by atoms with Crippen molar-refractivity contribution >= 4 is 29.1 Å². The Hall–Kier alpha value is -4.97. The van der Waals surface area contributed by atoms with Crippen molar-refractivity contribution in [2.75, 3.05) is 20.8 Å². The number of nitro benzene ring substituents is 1. The quantitative estimate of drug-likeness (QED) is 0.169. The van der Waals surface area contributed by atoms with Gasteiger partial charge in [0.1, 0.15) is 11.5 Å². The number of hydrogen-bond donors (Lipinski definition) is 0. The molecule has 0 saturated heterocycles. The molecule has 0 unspecified atom stereocenters. The van der Waals surface area contributed by atoms with Crippen molar-refractivity contribution < 1.29 is 28.3 Å². The summed E-state index contributed by atoms with van der Waals surface area (Å²) in [4.78, 5) is 42.7. The molecule has 0 N–H and O–H groups in total. The minimum absolute atomic E-state index is 0.00865. The van der Waals surface area contributed by atoms with E-state index in [9.17, 15) is 19.7 Å². The fourth-order valence-electron chi connectivity index (χ4n) is 4.87. The number of fused-ring (bicyclic) bond motifs is 1. The van der Waals surface area contributed by atoms with Gasteiger partial charge in [-0.25, -0.2) is 9.79 Å². The van der Waals surface area contributed by atoms with Crippen LogP contribution in [0.2, 0.25) is 0 Å². The SMILES string of the molecule is CCOC(=O)C1=C(C)N=c2s/c(=C\c3ccc(-c4ccc([N+](=O)[O-])cc4C)o3)c(=O)n2[C@@H]1c1ccc(OC)c(OC)c1. The van der Waals surface area contributed by atoms with Gasteiger partial charge in [-0.15, -0.1) is 0 Å². The minimum Gasteiger partial charge on any atom is -0.493 e. The summed E-state index contributed by atoms with van der Waals surface area (Å²) in [5, 5.41) is 11.1. The molecule has 11 nitrogen and oxygen atoms in total. The maximum Gasteiger partial charge on any atom is 0.338 e. The van der Waals surface area contributed by atoms with Gasteiger partial charge in [0.05, 0.1) is 47.6 Å². The molecule has 12 heteroatoms. The number of esters is 1. The molecule has 0 aliphatic carbocycles. The van der Waals surface area contributed by atoms with E-state index in [1.807, 2.05) is 0 Å². The van der Waals surface area contributed by atoms with E-state index in [2.05, 4.69) is 4.99 Å². The van der Waals surface area contributed by atoms with Crippen molar-refractivity contribution in [1.82, 2.24) is 4.57 Å². The summed E-state index contributed by atoms with van der Waals surface area (Å²) in [6.07, 6.45) is 1.61. The molecule has 5 rings (SSSR count). The van der Waals surface area contributed by atoms with Gasteiger partial charge in [-0.3, -0.25) is 19.5 Å². The summed E-state index contributed by atoms with van der Waals surface area (Å²) in [6, 6.07) is 12.4. The molecule has 0 amide bonds. The van der Waals surface area contributed by atoms with E-state index in [4.69, 9.17) is 18.6 Å². The molecule has 4 aromatic rings. The molecule has 1 atom stereocenters. The van der Waals surface area contributed by atoms with Crippen LogP contribution in [-0.4, -0.2) is 36.3 Å². The van der Waals surface area contributed by atoms with E-state index in [0.717, 1.165) is 0 Å². The van der Waals surface area contributed by atoms with Crippen LogP contribution < -0.4 is 24.4 Å². The number of nitrogens with zero attached hydrogens (tertiary/aromatic N) is 3. The van der Waals surface area contributed by atoms with Crippen LogP contribution in [0.1, 0.15) is 36.8 Å². The molecule has 0 fully saturated rings. The zero-order valence-corrected chi connectivity index (χ0v) is 24.3. The predicted octanol–water partition coefficient (Wildman–Crippen LogP) is 4.29. The van der Waals surface area contributed by atoms with Crippen molar-refractivity contribution in [2.45, 2.75) is 26.8 Å². The molecule has 0 saturated carbocycles. The topological polar surface area (TPSA) is 135 Å². The van der Waals surface area contributed by atoms with Gasteiger partial charge < -0.3 is 18.6 Å². The molecule has 2 aromatic heterocycles. The normalized spacial score (nSPS) is 14.8. The second-order valence-corrected chi connectivity index (χ2v) is 10.4. The first-order valence-corrected chi connectivity index (χ1v) is 13.7. The number of nitro groups is 1. The summed E-state index contributed by atoms with van der Waals surface area (Å²) in [6.45, 7) is 5.35. The van der Waals surface area contributed by atoms with Crippen LogP contribution >= 0.6 is 11.3 Å². The highest BCUT2D eigenvalue weighted by Crippen LogP contribution is 2.36. The minimum atomic E-state index is -0.822. The third-order valence-electron chi connectivity index (χ3n) is 6.83. The van der Waals surface area contributed by atoms with Gasteiger partial charge in [-0.05, 0) is 62.2 Å². The Kier molecular flexibility index (Phi) is 7.81. The Labute approximate surface area is 243 Å². The number of benzene rings is 2. The number of allylic oxidation sites excluding steroid dienone is 1. The van der Waals surface area contributed by atoms with Crippen molar-refractivity contribution in [1.29, 1.82) is 0 Å². The van der Waals surface area contributed by atoms with E-state index in [-0.39, 0.29) is 23.4 Å². The number of ether oxygens (including phenoxy) is 3. The number of rotatable bonds is 8. The molecule has 216 valence electrons. The third kappa shape index (κ3) is 5.12. The summed E-state index contributed by atoms with van der Waals surface area (Å²) in [5.74, 6) is 1.30. The molecular weight excluding hydrogens is 562 g/mol. The summed E-state index contributed by atoms with van der Waals surface area (Å²) in [5.41, 5.74) is 2.31. The number of thiazole rings is 1.